The van der Waals surface area contributed by atoms with Gasteiger partial charge >= 0.3 is 0 Å². The molecule has 2 aromatic rings. The molecule has 0 saturated heterocycles. The molecule has 0 spiro atoms. The molecule has 150 valence electrons. The minimum absolute atomic E-state index is 0.0225. The van der Waals surface area contributed by atoms with Crippen molar-refractivity contribution in [3.05, 3.63) is 57.6 Å². The topological polar surface area (TPSA) is 17.1 Å². The van der Waals surface area contributed by atoms with E-state index in [-0.39, 0.29) is 16.6 Å². The number of unbranched alkanes of at least 4 members (excludes halogenated alkanes) is 2. The van der Waals surface area contributed by atoms with E-state index in [9.17, 15) is 4.79 Å². The normalized spacial score (nSPS) is 14.6. The number of Topliss-reactive ketones (excluding diaryl/α,β-unsaturated/α-hetero) is 1. The number of hydrogen-bond donors (Lipinski definition) is 0. The summed E-state index contributed by atoms with van der Waals surface area (Å²) < 4.78 is 1.14. The van der Waals surface area contributed by atoms with E-state index in [1.54, 1.807) is 0 Å². The molecule has 0 aliphatic heterocycles. The first-order chi connectivity index (χ1) is 13.2. The Morgan fingerprint density at radius 2 is 1.43 bits per heavy atom. The molecule has 0 atom stereocenters. The Morgan fingerprint density at radius 1 is 0.893 bits per heavy atom. The number of carbonyl (C=O) groups excluding carboxylic acids is 1. The van der Waals surface area contributed by atoms with Crippen molar-refractivity contribution in [2.24, 2.45) is 5.41 Å². The molecule has 1 aliphatic carbocycles. The third kappa shape index (κ3) is 3.73. The molecule has 0 bridgehead atoms. The summed E-state index contributed by atoms with van der Waals surface area (Å²) in [7, 11) is 0. The number of ketones is 1. The summed E-state index contributed by atoms with van der Waals surface area (Å²) in [6.07, 6.45) is 7.07. The first-order valence-electron chi connectivity index (χ1n) is 10.7. The molecule has 28 heavy (non-hydrogen) atoms. The lowest BCUT2D eigenvalue weighted by molar-refractivity contribution is 0.0858. The number of halogens is 1. The molecule has 0 amide bonds. The van der Waals surface area contributed by atoms with Gasteiger partial charge in [-0.25, -0.2) is 0 Å². The van der Waals surface area contributed by atoms with Gasteiger partial charge in [0.05, 0.1) is 0 Å². The summed E-state index contributed by atoms with van der Waals surface area (Å²) in [6.45, 7) is 10.6. The van der Waals surface area contributed by atoms with Gasteiger partial charge in [0.15, 0.2) is 5.78 Å². The van der Waals surface area contributed by atoms with E-state index >= 15 is 0 Å². The second kappa shape index (κ2) is 8.14. The van der Waals surface area contributed by atoms with Gasteiger partial charge in [0, 0.05) is 20.9 Å². The van der Waals surface area contributed by atoms with Gasteiger partial charge in [-0.1, -0.05) is 94.4 Å². The molecule has 2 aromatic carbocycles. The Bertz CT molecular complexity index is 864. The van der Waals surface area contributed by atoms with Gasteiger partial charge in [-0.3, -0.25) is 4.79 Å². The van der Waals surface area contributed by atoms with Gasteiger partial charge in [-0.15, -0.1) is 0 Å². The van der Waals surface area contributed by atoms with Crippen LogP contribution in [0.15, 0.2) is 40.9 Å². The maximum absolute atomic E-state index is 13.0. The fourth-order valence-electron chi connectivity index (χ4n) is 4.66. The van der Waals surface area contributed by atoms with Crippen LogP contribution in [0.25, 0.3) is 11.1 Å². The monoisotopic (exact) mass is 440 g/mol. The lowest BCUT2D eigenvalue weighted by Crippen LogP contribution is -2.26. The molecular formula is C26H33BrO. The first-order valence-corrected chi connectivity index (χ1v) is 11.5. The number of fused-ring (bicyclic) bond motifs is 3. The van der Waals surface area contributed by atoms with E-state index in [1.165, 1.54) is 47.9 Å². The Morgan fingerprint density at radius 3 is 1.96 bits per heavy atom. The standard InChI is InChI=1S/C26H33BrO/c1-6-8-14-26(15-9-7-2)22-16-18(24(28)25(3,4)5)10-12-20(22)21-13-11-19(27)17-23(21)26/h10-13,16-17H,6-9,14-15H2,1-5H3. The van der Waals surface area contributed by atoms with Crippen LogP contribution in [-0.4, -0.2) is 5.78 Å². The summed E-state index contributed by atoms with van der Waals surface area (Å²) in [5, 5.41) is 0. The van der Waals surface area contributed by atoms with Crippen LogP contribution in [0, 0.1) is 5.41 Å². The fourth-order valence-corrected chi connectivity index (χ4v) is 5.02. The zero-order valence-corrected chi connectivity index (χ0v) is 19.6. The molecule has 2 heteroatoms. The SMILES string of the molecule is CCCCC1(CCCC)c2cc(Br)ccc2-c2ccc(C(=O)C(C)(C)C)cc21. The Labute approximate surface area is 179 Å². The third-order valence-electron chi connectivity index (χ3n) is 6.18. The van der Waals surface area contributed by atoms with Crippen LogP contribution in [0.1, 0.15) is 94.6 Å². The maximum Gasteiger partial charge on any atom is 0.168 e. The van der Waals surface area contributed by atoms with Crippen LogP contribution in [-0.2, 0) is 5.41 Å². The lowest BCUT2D eigenvalue weighted by atomic mass is 9.70. The van der Waals surface area contributed by atoms with Crippen LogP contribution < -0.4 is 0 Å². The molecule has 3 rings (SSSR count). The first kappa shape index (κ1) is 21.3. The Kier molecular flexibility index (Phi) is 6.20. The van der Waals surface area contributed by atoms with Crippen molar-refractivity contribution in [2.45, 2.75) is 78.6 Å². The molecule has 0 N–H and O–H groups in total. The number of benzene rings is 2. The average Bonchev–Trinajstić information content (AvgIpc) is 2.92. The molecule has 0 heterocycles. The molecule has 1 nitrogen and oxygen atoms in total. The van der Waals surface area contributed by atoms with Crippen molar-refractivity contribution in [3.63, 3.8) is 0 Å². The average molecular weight is 441 g/mol. The van der Waals surface area contributed by atoms with Crippen LogP contribution in [0.5, 0.6) is 0 Å². The van der Waals surface area contributed by atoms with Crippen LogP contribution >= 0.6 is 15.9 Å². The predicted octanol–water partition coefficient (Wildman–Crippen LogP) is 8.32. The summed E-state index contributed by atoms with van der Waals surface area (Å²) >= 11 is 3.71. The fraction of sp³-hybridized carbons (Fsp3) is 0.500. The van der Waals surface area contributed by atoms with Crippen molar-refractivity contribution in [1.29, 1.82) is 0 Å². The van der Waals surface area contributed by atoms with Gasteiger partial charge in [0.2, 0.25) is 0 Å². The summed E-state index contributed by atoms with van der Waals surface area (Å²) in [4.78, 5) is 13.0. The minimum Gasteiger partial charge on any atom is -0.294 e. The lowest BCUT2D eigenvalue weighted by Gasteiger charge is -2.33. The molecule has 0 radical (unpaired) electrons. The van der Waals surface area contributed by atoms with Gasteiger partial charge in [0.1, 0.15) is 0 Å². The highest BCUT2D eigenvalue weighted by molar-refractivity contribution is 9.10. The van der Waals surface area contributed by atoms with Crippen molar-refractivity contribution in [3.8, 4) is 11.1 Å². The van der Waals surface area contributed by atoms with E-state index < -0.39 is 0 Å². The number of rotatable bonds is 7. The Hall–Kier alpha value is -1.41. The minimum atomic E-state index is -0.363. The van der Waals surface area contributed by atoms with Crippen molar-refractivity contribution in [1.82, 2.24) is 0 Å². The number of carbonyl (C=O) groups is 1. The zero-order valence-electron chi connectivity index (χ0n) is 18.0. The summed E-state index contributed by atoms with van der Waals surface area (Å²) in [5.41, 5.74) is 6.00. The van der Waals surface area contributed by atoms with E-state index in [1.807, 2.05) is 26.8 Å². The highest BCUT2D eigenvalue weighted by Crippen LogP contribution is 2.55. The quantitative estimate of drug-likeness (QED) is 0.395. The van der Waals surface area contributed by atoms with Gasteiger partial charge in [0.25, 0.3) is 0 Å². The molecule has 1 aliphatic rings. The largest absolute Gasteiger partial charge is 0.294 e. The highest BCUT2D eigenvalue weighted by atomic mass is 79.9. The second-order valence-corrected chi connectivity index (χ2v) is 10.2. The van der Waals surface area contributed by atoms with E-state index in [0.29, 0.717) is 0 Å². The van der Waals surface area contributed by atoms with E-state index in [4.69, 9.17) is 0 Å². The van der Waals surface area contributed by atoms with E-state index in [0.717, 1.165) is 22.9 Å². The van der Waals surface area contributed by atoms with Gasteiger partial charge < -0.3 is 0 Å². The van der Waals surface area contributed by atoms with Crippen LogP contribution in [0.3, 0.4) is 0 Å². The zero-order chi connectivity index (χ0) is 20.5. The third-order valence-corrected chi connectivity index (χ3v) is 6.67. The maximum atomic E-state index is 13.0. The van der Waals surface area contributed by atoms with Crippen LogP contribution in [0.4, 0.5) is 0 Å². The van der Waals surface area contributed by atoms with Crippen molar-refractivity contribution < 1.29 is 4.79 Å². The molecule has 0 unspecified atom stereocenters. The van der Waals surface area contributed by atoms with Crippen molar-refractivity contribution >= 4 is 21.7 Å². The molecule has 0 fully saturated rings. The second-order valence-electron chi connectivity index (χ2n) is 9.32. The smallest absolute Gasteiger partial charge is 0.168 e. The van der Waals surface area contributed by atoms with E-state index in [2.05, 4.69) is 60.1 Å². The summed E-state index contributed by atoms with van der Waals surface area (Å²) in [6, 6.07) is 13.2. The van der Waals surface area contributed by atoms with Crippen molar-refractivity contribution in [2.75, 3.05) is 0 Å². The molecule has 0 saturated carbocycles. The van der Waals surface area contributed by atoms with Crippen LogP contribution in [0.2, 0.25) is 0 Å². The highest BCUT2D eigenvalue weighted by Gasteiger charge is 2.42. The van der Waals surface area contributed by atoms with Gasteiger partial charge in [-0.2, -0.15) is 0 Å². The predicted molar refractivity (Wildman–Crippen MR) is 123 cm³/mol. The molecule has 0 aromatic heterocycles. The van der Waals surface area contributed by atoms with Gasteiger partial charge in [-0.05, 0) is 53.3 Å². The Balaban J connectivity index is 2.23. The summed E-state index contributed by atoms with van der Waals surface area (Å²) in [5.74, 6) is 0.229. The number of hydrogen-bond acceptors (Lipinski definition) is 1. The molecular weight excluding hydrogens is 408 g/mol.